The lowest BCUT2D eigenvalue weighted by Gasteiger charge is -2.07. The summed E-state index contributed by atoms with van der Waals surface area (Å²) in [5.41, 5.74) is 0. The van der Waals surface area contributed by atoms with E-state index in [1.165, 1.54) is 0 Å². The summed E-state index contributed by atoms with van der Waals surface area (Å²) in [5, 5.41) is 16.7. The summed E-state index contributed by atoms with van der Waals surface area (Å²) in [6, 6.07) is 0. The molecule has 4 N–H and O–H groups in total. The molecule has 0 rings (SSSR count). The van der Waals surface area contributed by atoms with Gasteiger partial charge in [0.25, 0.3) is 0 Å². The molecule has 0 aliphatic heterocycles. The first-order chi connectivity index (χ1) is 4.45. The first-order valence-corrected chi connectivity index (χ1v) is 3.98. The van der Waals surface area contributed by atoms with Crippen molar-refractivity contribution in [1.29, 1.82) is 0 Å². The Hall–Kier alpha value is 0.0300. The molecule has 0 aromatic rings. The topological polar surface area (TPSA) is 107 Å². The van der Waals surface area contributed by atoms with Gasteiger partial charge in [-0.05, 0) is 0 Å². The summed E-state index contributed by atoms with van der Waals surface area (Å²) in [6.07, 6.45) is -1.24. The molecule has 0 radical (unpaired) electrons. The van der Waals surface area contributed by atoms with Gasteiger partial charge in [-0.15, -0.1) is 0 Å². The van der Waals surface area contributed by atoms with Crippen LogP contribution in [0, 0.1) is 0 Å². The summed E-state index contributed by atoms with van der Waals surface area (Å²) in [6.45, 7) is -1.15. The van der Waals surface area contributed by atoms with E-state index in [0.29, 0.717) is 0 Å². The highest BCUT2D eigenvalue weighted by Crippen LogP contribution is 2.35. The van der Waals surface area contributed by atoms with Crippen molar-refractivity contribution in [2.24, 2.45) is 0 Å². The highest BCUT2D eigenvalue weighted by Gasteiger charge is 2.15. The molecule has 0 aliphatic carbocycles. The fourth-order valence-corrected chi connectivity index (χ4v) is 0.602. The SMILES string of the molecule is O=P(O)(O)OCC(O)[14CH2]O. The molecule has 7 heteroatoms. The van der Waals surface area contributed by atoms with Crippen LogP contribution < -0.4 is 0 Å². The van der Waals surface area contributed by atoms with E-state index in [4.69, 9.17) is 20.0 Å². The van der Waals surface area contributed by atoms with Gasteiger partial charge in [0.15, 0.2) is 0 Å². The molecule has 10 heavy (non-hydrogen) atoms. The van der Waals surface area contributed by atoms with Gasteiger partial charge in [0.05, 0.1) is 13.2 Å². The molecule has 0 aliphatic rings. The molecule has 0 spiro atoms. The summed E-state index contributed by atoms with van der Waals surface area (Å²) in [5.74, 6) is 0. The van der Waals surface area contributed by atoms with Crippen LogP contribution in [0.3, 0.4) is 0 Å². The Morgan fingerprint density at radius 1 is 1.60 bits per heavy atom. The van der Waals surface area contributed by atoms with Gasteiger partial charge in [0, 0.05) is 0 Å². The highest BCUT2D eigenvalue weighted by atomic mass is 31.2. The minimum absolute atomic E-state index is 0.569. The normalized spacial score (nSPS) is 15.2. The smallest absolute Gasteiger partial charge is 0.394 e. The molecule has 0 fully saturated rings. The van der Waals surface area contributed by atoms with Gasteiger partial charge in [-0.3, -0.25) is 4.52 Å². The molecule has 6 nitrogen and oxygen atoms in total. The first kappa shape index (κ1) is 10.0. The van der Waals surface area contributed by atoms with Crippen LogP contribution >= 0.6 is 7.82 Å². The van der Waals surface area contributed by atoms with Crippen molar-refractivity contribution in [3.05, 3.63) is 0 Å². The summed E-state index contributed by atoms with van der Waals surface area (Å²) in [4.78, 5) is 16.1. The molecule has 0 amide bonds. The highest BCUT2D eigenvalue weighted by molar-refractivity contribution is 7.46. The number of phosphoric acid groups is 1. The Morgan fingerprint density at radius 3 is 2.40 bits per heavy atom. The van der Waals surface area contributed by atoms with Crippen LogP contribution in [0.1, 0.15) is 0 Å². The van der Waals surface area contributed by atoms with Crippen molar-refractivity contribution < 1.29 is 29.1 Å². The van der Waals surface area contributed by atoms with Crippen molar-refractivity contribution in [2.75, 3.05) is 13.2 Å². The van der Waals surface area contributed by atoms with Crippen LogP contribution in [0.4, 0.5) is 0 Å². The molecule has 0 aromatic carbocycles. The molecule has 0 saturated carbocycles. The van der Waals surface area contributed by atoms with Crippen molar-refractivity contribution in [1.82, 2.24) is 0 Å². The van der Waals surface area contributed by atoms with E-state index in [2.05, 4.69) is 4.52 Å². The summed E-state index contributed by atoms with van der Waals surface area (Å²) >= 11 is 0. The third-order valence-electron chi connectivity index (χ3n) is 0.646. The summed E-state index contributed by atoms with van der Waals surface area (Å²) < 4.78 is 13.8. The lowest BCUT2D eigenvalue weighted by atomic mass is 10.7. The van der Waals surface area contributed by atoms with Gasteiger partial charge < -0.3 is 20.0 Å². The number of aliphatic hydroxyl groups excluding tert-OH is 2. The van der Waals surface area contributed by atoms with Gasteiger partial charge in [-0.1, -0.05) is 0 Å². The van der Waals surface area contributed by atoms with E-state index in [-0.39, 0.29) is 0 Å². The van der Waals surface area contributed by atoms with Crippen molar-refractivity contribution in [3.8, 4) is 0 Å². The van der Waals surface area contributed by atoms with Crippen LogP contribution in [0.15, 0.2) is 0 Å². The van der Waals surface area contributed by atoms with Gasteiger partial charge in [0.1, 0.15) is 6.10 Å². The maximum absolute atomic E-state index is 9.93. The minimum atomic E-state index is -4.50. The van der Waals surface area contributed by atoms with Crippen LogP contribution in [0.5, 0.6) is 0 Å². The minimum Gasteiger partial charge on any atom is -0.394 e. The van der Waals surface area contributed by atoms with Crippen LogP contribution in [0.25, 0.3) is 0 Å². The number of phosphoric ester groups is 1. The molecular formula is C3H9O6P. The maximum atomic E-state index is 9.93. The fourth-order valence-electron chi connectivity index (χ4n) is 0.236. The van der Waals surface area contributed by atoms with Gasteiger partial charge >= 0.3 is 7.82 Å². The molecule has 0 heterocycles. The predicted octanol–water partition coefficient (Wildman–Crippen LogP) is -1.55. The second-order valence-electron chi connectivity index (χ2n) is 1.62. The van der Waals surface area contributed by atoms with Crippen molar-refractivity contribution in [3.63, 3.8) is 0 Å². The monoisotopic (exact) mass is 174 g/mol. The number of hydrogen-bond acceptors (Lipinski definition) is 4. The van der Waals surface area contributed by atoms with E-state index >= 15 is 0 Å². The van der Waals surface area contributed by atoms with Gasteiger partial charge in [-0.25, -0.2) is 4.57 Å². The first-order valence-electron chi connectivity index (χ1n) is 2.44. The molecule has 1 unspecified atom stereocenters. The quantitative estimate of drug-likeness (QED) is 0.384. The van der Waals surface area contributed by atoms with Gasteiger partial charge in [0.2, 0.25) is 0 Å². The molecule has 1 atom stereocenters. The Bertz CT molecular complexity index is 129. The van der Waals surface area contributed by atoms with E-state index in [1.807, 2.05) is 0 Å². The van der Waals surface area contributed by atoms with E-state index in [1.54, 1.807) is 0 Å². The van der Waals surface area contributed by atoms with E-state index in [0.717, 1.165) is 0 Å². The molecular weight excluding hydrogens is 165 g/mol. The second kappa shape index (κ2) is 4.02. The number of aliphatic hydroxyl groups is 2. The van der Waals surface area contributed by atoms with E-state index < -0.39 is 27.1 Å². The largest absolute Gasteiger partial charge is 0.469 e. The van der Waals surface area contributed by atoms with Crippen molar-refractivity contribution in [2.45, 2.75) is 6.10 Å². The Balaban J connectivity index is 3.46. The Labute approximate surface area is 57.3 Å². The predicted molar refractivity (Wildman–Crippen MR) is 31.1 cm³/mol. The molecule has 0 aromatic heterocycles. The zero-order valence-corrected chi connectivity index (χ0v) is 5.94. The maximum Gasteiger partial charge on any atom is 0.469 e. The molecule has 62 valence electrons. The van der Waals surface area contributed by atoms with Crippen LogP contribution in [0.2, 0.25) is 0 Å². The molecule has 0 saturated heterocycles. The number of hydrogen-bond donors (Lipinski definition) is 4. The van der Waals surface area contributed by atoms with Crippen LogP contribution in [-0.2, 0) is 9.09 Å². The third kappa shape index (κ3) is 6.15. The van der Waals surface area contributed by atoms with Crippen LogP contribution in [-0.4, -0.2) is 39.3 Å². The van der Waals surface area contributed by atoms with Crippen molar-refractivity contribution >= 4 is 7.82 Å². The average molecular weight is 174 g/mol. The zero-order chi connectivity index (χ0) is 8.20. The molecule has 0 bridgehead atoms. The number of rotatable bonds is 4. The second-order valence-corrected chi connectivity index (χ2v) is 2.86. The Morgan fingerprint density at radius 2 is 2.10 bits per heavy atom. The van der Waals surface area contributed by atoms with Gasteiger partial charge in [-0.2, -0.15) is 0 Å². The van der Waals surface area contributed by atoms with E-state index in [9.17, 15) is 4.57 Å². The summed E-state index contributed by atoms with van der Waals surface area (Å²) in [7, 11) is -4.50. The average Bonchev–Trinajstić information content (AvgIpc) is 1.81. The third-order valence-corrected chi connectivity index (χ3v) is 1.13. The Kier molecular flexibility index (Phi) is 4.04. The zero-order valence-electron chi connectivity index (χ0n) is 5.04. The lowest BCUT2D eigenvalue weighted by Crippen LogP contribution is -2.18. The standard InChI is InChI=1S/C3H9O6P/c4-1-3(5)2-9-10(6,7)8/h3-5H,1-2H2,(H2,6,7,8)/i1+2. The lowest BCUT2D eigenvalue weighted by molar-refractivity contribution is 0.0419. The fraction of sp³-hybridized carbons (Fsp3) is 1.00.